The lowest BCUT2D eigenvalue weighted by Gasteiger charge is -2.29. The lowest BCUT2D eigenvalue weighted by Crippen LogP contribution is -2.42. The van der Waals surface area contributed by atoms with Crippen molar-refractivity contribution in [2.75, 3.05) is 6.61 Å². The molecule has 0 aliphatic heterocycles. The van der Waals surface area contributed by atoms with Crippen LogP contribution in [0.5, 0.6) is 5.75 Å². The molecule has 0 saturated heterocycles. The average Bonchev–Trinajstić information content (AvgIpc) is 2.54. The maximum absolute atomic E-state index is 12.1. The third kappa shape index (κ3) is 6.28. The van der Waals surface area contributed by atoms with E-state index in [2.05, 4.69) is 17.0 Å². The molecule has 1 N–H and O–H groups in total. The Bertz CT molecular complexity index is 601. The highest BCUT2D eigenvalue weighted by atomic mass is 19.4. The molecule has 0 heterocycles. The molecule has 0 unspecified atom stereocenters. The molecule has 0 aromatic heterocycles. The van der Waals surface area contributed by atoms with E-state index in [1.54, 1.807) is 0 Å². The Morgan fingerprint density at radius 1 is 1.16 bits per heavy atom. The highest BCUT2D eigenvalue weighted by Gasteiger charge is 2.31. The SMILES string of the molecule is C[C@H]1CCCC[C@H]1NC(=O)COC(=O)c1ccc(OC(F)(F)F)cc1. The average molecular weight is 359 g/mol. The van der Waals surface area contributed by atoms with E-state index in [0.717, 1.165) is 49.9 Å². The number of alkyl halides is 3. The van der Waals surface area contributed by atoms with E-state index in [0.29, 0.717) is 5.92 Å². The number of nitrogens with one attached hydrogen (secondary N) is 1. The van der Waals surface area contributed by atoms with E-state index in [9.17, 15) is 22.8 Å². The van der Waals surface area contributed by atoms with Crippen LogP contribution < -0.4 is 10.1 Å². The van der Waals surface area contributed by atoms with Gasteiger partial charge in [-0.3, -0.25) is 4.79 Å². The van der Waals surface area contributed by atoms with Gasteiger partial charge in [0.25, 0.3) is 5.91 Å². The van der Waals surface area contributed by atoms with Crippen LogP contribution in [0, 0.1) is 5.92 Å². The first-order valence-corrected chi connectivity index (χ1v) is 8.07. The molecule has 25 heavy (non-hydrogen) atoms. The summed E-state index contributed by atoms with van der Waals surface area (Å²) in [5, 5.41) is 2.85. The summed E-state index contributed by atoms with van der Waals surface area (Å²) in [6, 6.07) is 4.38. The largest absolute Gasteiger partial charge is 0.573 e. The molecule has 1 aromatic carbocycles. The van der Waals surface area contributed by atoms with Gasteiger partial charge in [-0.15, -0.1) is 13.2 Å². The zero-order chi connectivity index (χ0) is 18.4. The summed E-state index contributed by atoms with van der Waals surface area (Å²) in [4.78, 5) is 23.7. The molecule has 1 amide bonds. The molecule has 5 nitrogen and oxygen atoms in total. The first kappa shape index (κ1) is 19.1. The number of carbonyl (C=O) groups is 2. The van der Waals surface area contributed by atoms with Crippen molar-refractivity contribution >= 4 is 11.9 Å². The molecule has 0 bridgehead atoms. The summed E-state index contributed by atoms with van der Waals surface area (Å²) >= 11 is 0. The van der Waals surface area contributed by atoms with Crippen molar-refractivity contribution < 1.29 is 32.2 Å². The second-order valence-electron chi connectivity index (χ2n) is 6.08. The van der Waals surface area contributed by atoms with Gasteiger partial charge in [0.05, 0.1) is 5.56 Å². The Morgan fingerprint density at radius 3 is 2.40 bits per heavy atom. The molecular weight excluding hydrogens is 339 g/mol. The summed E-state index contributed by atoms with van der Waals surface area (Å²) in [6.45, 7) is 1.64. The van der Waals surface area contributed by atoms with E-state index in [-0.39, 0.29) is 17.5 Å². The fourth-order valence-electron chi connectivity index (χ4n) is 2.79. The normalized spacial score (nSPS) is 20.6. The molecular formula is C17H20F3NO4. The van der Waals surface area contributed by atoms with Crippen molar-refractivity contribution in [1.29, 1.82) is 0 Å². The van der Waals surface area contributed by atoms with Crippen LogP contribution in [0.2, 0.25) is 0 Å². The predicted octanol–water partition coefficient (Wildman–Crippen LogP) is 3.44. The molecule has 1 aromatic rings. The van der Waals surface area contributed by atoms with Crippen LogP contribution >= 0.6 is 0 Å². The molecule has 2 atom stereocenters. The number of rotatable bonds is 5. The van der Waals surface area contributed by atoms with Gasteiger partial charge in [0.1, 0.15) is 5.75 Å². The number of esters is 1. The van der Waals surface area contributed by atoms with Gasteiger partial charge in [0.15, 0.2) is 6.61 Å². The van der Waals surface area contributed by atoms with Crippen LogP contribution in [0.4, 0.5) is 13.2 Å². The summed E-state index contributed by atoms with van der Waals surface area (Å²) in [5.74, 6) is -1.22. The quantitative estimate of drug-likeness (QED) is 0.818. The minimum Gasteiger partial charge on any atom is -0.452 e. The van der Waals surface area contributed by atoms with Crippen molar-refractivity contribution in [1.82, 2.24) is 5.32 Å². The smallest absolute Gasteiger partial charge is 0.452 e. The molecule has 0 spiro atoms. The summed E-state index contributed by atoms with van der Waals surface area (Å²) in [7, 11) is 0. The first-order chi connectivity index (χ1) is 11.7. The van der Waals surface area contributed by atoms with Gasteiger partial charge in [-0.2, -0.15) is 0 Å². The van der Waals surface area contributed by atoms with Crippen molar-refractivity contribution in [3.8, 4) is 5.75 Å². The predicted molar refractivity (Wildman–Crippen MR) is 83.0 cm³/mol. The van der Waals surface area contributed by atoms with Gasteiger partial charge >= 0.3 is 12.3 Å². The van der Waals surface area contributed by atoms with Crippen molar-refractivity contribution in [2.24, 2.45) is 5.92 Å². The number of carbonyl (C=O) groups excluding carboxylic acids is 2. The van der Waals surface area contributed by atoms with Gasteiger partial charge in [0.2, 0.25) is 0 Å². The molecule has 1 fully saturated rings. The van der Waals surface area contributed by atoms with Crippen molar-refractivity contribution in [3.05, 3.63) is 29.8 Å². The Hall–Kier alpha value is -2.25. The van der Waals surface area contributed by atoms with Gasteiger partial charge in [0, 0.05) is 6.04 Å². The molecule has 8 heteroatoms. The van der Waals surface area contributed by atoms with Gasteiger partial charge in [-0.25, -0.2) is 4.79 Å². The van der Waals surface area contributed by atoms with E-state index in [1.807, 2.05) is 0 Å². The lowest BCUT2D eigenvalue weighted by atomic mass is 9.86. The topological polar surface area (TPSA) is 64.6 Å². The zero-order valence-electron chi connectivity index (χ0n) is 13.8. The maximum Gasteiger partial charge on any atom is 0.573 e. The number of hydrogen-bond acceptors (Lipinski definition) is 4. The molecule has 1 aliphatic rings. The van der Waals surface area contributed by atoms with Crippen LogP contribution in [0.1, 0.15) is 43.0 Å². The minimum absolute atomic E-state index is 0.0355. The zero-order valence-corrected chi connectivity index (χ0v) is 13.8. The standard InChI is InChI=1S/C17H20F3NO4/c1-11-4-2-3-5-14(11)21-15(22)10-24-16(23)12-6-8-13(9-7-12)25-17(18,19)20/h6-9,11,14H,2-5,10H2,1H3,(H,21,22)/t11-,14+/m0/s1. The third-order valence-corrected chi connectivity index (χ3v) is 4.12. The fourth-order valence-corrected chi connectivity index (χ4v) is 2.79. The van der Waals surface area contributed by atoms with Gasteiger partial charge < -0.3 is 14.8 Å². The molecule has 2 rings (SSSR count). The maximum atomic E-state index is 12.1. The monoisotopic (exact) mass is 359 g/mol. The Kier molecular flexibility index (Phi) is 6.27. The minimum atomic E-state index is -4.80. The van der Waals surface area contributed by atoms with Crippen molar-refractivity contribution in [2.45, 2.75) is 45.0 Å². The van der Waals surface area contributed by atoms with Crippen LogP contribution in [0.15, 0.2) is 24.3 Å². The van der Waals surface area contributed by atoms with E-state index in [4.69, 9.17) is 4.74 Å². The highest BCUT2D eigenvalue weighted by Crippen LogP contribution is 2.24. The molecule has 1 aliphatic carbocycles. The summed E-state index contributed by atoms with van der Waals surface area (Å²) in [5.41, 5.74) is 0.0355. The van der Waals surface area contributed by atoms with Crippen molar-refractivity contribution in [3.63, 3.8) is 0 Å². The highest BCUT2D eigenvalue weighted by molar-refractivity contribution is 5.91. The Balaban J connectivity index is 1.80. The molecule has 0 radical (unpaired) electrons. The number of hydrogen-bond donors (Lipinski definition) is 1. The van der Waals surface area contributed by atoms with Gasteiger partial charge in [-0.05, 0) is 43.0 Å². The second kappa shape index (κ2) is 8.22. The Labute approximate surface area is 143 Å². The van der Waals surface area contributed by atoms with Crippen LogP contribution in [-0.4, -0.2) is 30.9 Å². The van der Waals surface area contributed by atoms with Crippen LogP contribution in [0.3, 0.4) is 0 Å². The molecule has 138 valence electrons. The Morgan fingerprint density at radius 2 is 1.80 bits per heavy atom. The second-order valence-corrected chi connectivity index (χ2v) is 6.08. The van der Waals surface area contributed by atoms with Crippen LogP contribution in [-0.2, 0) is 9.53 Å². The van der Waals surface area contributed by atoms with E-state index < -0.39 is 24.7 Å². The number of ether oxygens (including phenoxy) is 2. The number of amides is 1. The molecule has 1 saturated carbocycles. The summed E-state index contributed by atoms with van der Waals surface area (Å²) < 4.78 is 44.8. The lowest BCUT2D eigenvalue weighted by molar-refractivity contribution is -0.274. The summed E-state index contributed by atoms with van der Waals surface area (Å²) in [6.07, 6.45) is -0.632. The van der Waals surface area contributed by atoms with Gasteiger partial charge in [-0.1, -0.05) is 19.8 Å². The van der Waals surface area contributed by atoms with E-state index >= 15 is 0 Å². The third-order valence-electron chi connectivity index (χ3n) is 4.12. The van der Waals surface area contributed by atoms with Crippen LogP contribution in [0.25, 0.3) is 0 Å². The fraction of sp³-hybridized carbons (Fsp3) is 0.529. The first-order valence-electron chi connectivity index (χ1n) is 8.07. The number of benzene rings is 1. The van der Waals surface area contributed by atoms with E-state index in [1.165, 1.54) is 0 Å². The number of halogens is 3.